The van der Waals surface area contributed by atoms with Crippen molar-refractivity contribution in [3.8, 4) is 6.07 Å². The van der Waals surface area contributed by atoms with Gasteiger partial charge in [0, 0.05) is 6.42 Å². The van der Waals surface area contributed by atoms with Gasteiger partial charge >= 0.3 is 5.97 Å². The Morgan fingerprint density at radius 2 is 2.10 bits per heavy atom. The van der Waals surface area contributed by atoms with Gasteiger partial charge in [0.05, 0.1) is 21.5 Å². The maximum absolute atomic E-state index is 10.8. The lowest BCUT2D eigenvalue weighted by Gasteiger charge is -2.26. The molecule has 3 nitrogen and oxygen atoms in total. The maximum atomic E-state index is 10.8. The lowest BCUT2D eigenvalue weighted by atomic mass is 9.74. The van der Waals surface area contributed by atoms with Crippen molar-refractivity contribution in [1.82, 2.24) is 0 Å². The summed E-state index contributed by atoms with van der Waals surface area (Å²) in [6.45, 7) is 3.65. The average molecular weight is 312 g/mol. The van der Waals surface area contributed by atoms with Gasteiger partial charge in [-0.15, -0.1) is 6.58 Å². The van der Waals surface area contributed by atoms with Crippen LogP contribution in [0.3, 0.4) is 0 Å². The standard InChI is InChI=1S/C15H15Cl2NO2/c1-2-3-7-15(10-18,8-6-14(19)20)11-4-5-12(16)13(17)9-11/h2,4-5,9H,1,3,6-8H2,(H,19,20)/t15-/m1/s1. The summed E-state index contributed by atoms with van der Waals surface area (Å²) >= 11 is 11.9. The van der Waals surface area contributed by atoms with E-state index in [1.165, 1.54) is 0 Å². The van der Waals surface area contributed by atoms with E-state index in [-0.39, 0.29) is 12.8 Å². The summed E-state index contributed by atoms with van der Waals surface area (Å²) in [6.07, 6.45) is 2.98. The first-order chi connectivity index (χ1) is 9.45. The number of hydrogen-bond donors (Lipinski definition) is 1. The zero-order valence-corrected chi connectivity index (χ0v) is 12.4. The Labute approximate surface area is 128 Å². The number of carboxylic acids is 1. The number of allylic oxidation sites excluding steroid dienone is 1. The minimum absolute atomic E-state index is 0.0784. The molecule has 0 heterocycles. The predicted molar refractivity (Wildman–Crippen MR) is 80.1 cm³/mol. The lowest BCUT2D eigenvalue weighted by Crippen LogP contribution is -2.25. The molecular weight excluding hydrogens is 297 g/mol. The molecule has 20 heavy (non-hydrogen) atoms. The predicted octanol–water partition coefficient (Wildman–Crippen LogP) is 4.59. The zero-order chi connectivity index (χ0) is 15.2. The van der Waals surface area contributed by atoms with Gasteiger partial charge in [-0.05, 0) is 37.0 Å². The molecule has 1 rings (SSSR count). The van der Waals surface area contributed by atoms with Gasteiger partial charge in [-0.1, -0.05) is 35.3 Å². The van der Waals surface area contributed by atoms with Crippen molar-refractivity contribution in [2.75, 3.05) is 0 Å². The number of carboxylic acid groups (broad SMARTS) is 1. The summed E-state index contributed by atoms with van der Waals surface area (Å²) < 4.78 is 0. The van der Waals surface area contributed by atoms with E-state index in [1.807, 2.05) is 0 Å². The lowest BCUT2D eigenvalue weighted by molar-refractivity contribution is -0.137. The molecule has 1 N–H and O–H groups in total. The van der Waals surface area contributed by atoms with Crippen LogP contribution < -0.4 is 0 Å². The molecule has 0 aliphatic carbocycles. The zero-order valence-electron chi connectivity index (χ0n) is 10.9. The third-order valence-corrected chi connectivity index (χ3v) is 3.97. The fraction of sp³-hybridized carbons (Fsp3) is 0.333. The first kappa shape index (κ1) is 16.6. The minimum Gasteiger partial charge on any atom is -0.481 e. The topological polar surface area (TPSA) is 61.1 Å². The molecule has 5 heteroatoms. The maximum Gasteiger partial charge on any atom is 0.303 e. The first-order valence-electron chi connectivity index (χ1n) is 6.14. The Bertz CT molecular complexity index is 551. The van der Waals surface area contributed by atoms with E-state index < -0.39 is 11.4 Å². The van der Waals surface area contributed by atoms with Crippen molar-refractivity contribution in [2.24, 2.45) is 0 Å². The highest BCUT2D eigenvalue weighted by Gasteiger charge is 2.32. The van der Waals surface area contributed by atoms with Crippen LogP contribution in [0.15, 0.2) is 30.9 Å². The molecule has 0 spiro atoms. The van der Waals surface area contributed by atoms with E-state index in [0.717, 1.165) is 0 Å². The van der Waals surface area contributed by atoms with Crippen LogP contribution in [0, 0.1) is 11.3 Å². The van der Waals surface area contributed by atoms with Crippen LogP contribution in [0.5, 0.6) is 0 Å². The molecule has 0 aromatic heterocycles. The largest absolute Gasteiger partial charge is 0.481 e. The van der Waals surface area contributed by atoms with Crippen LogP contribution in [0.4, 0.5) is 0 Å². The number of carbonyl (C=O) groups is 1. The number of hydrogen-bond acceptors (Lipinski definition) is 2. The highest BCUT2D eigenvalue weighted by atomic mass is 35.5. The summed E-state index contributed by atoms with van der Waals surface area (Å²) in [6, 6.07) is 7.24. The van der Waals surface area contributed by atoms with E-state index in [4.69, 9.17) is 28.3 Å². The fourth-order valence-corrected chi connectivity index (χ4v) is 2.35. The van der Waals surface area contributed by atoms with E-state index in [1.54, 1.807) is 24.3 Å². The van der Waals surface area contributed by atoms with E-state index in [0.29, 0.717) is 28.5 Å². The first-order valence-corrected chi connectivity index (χ1v) is 6.90. The van der Waals surface area contributed by atoms with Gasteiger partial charge in [0.15, 0.2) is 0 Å². The van der Waals surface area contributed by atoms with Crippen LogP contribution in [-0.4, -0.2) is 11.1 Å². The molecule has 0 amide bonds. The van der Waals surface area contributed by atoms with Gasteiger partial charge in [0.1, 0.15) is 0 Å². The van der Waals surface area contributed by atoms with Gasteiger partial charge in [-0.25, -0.2) is 0 Å². The highest BCUT2D eigenvalue weighted by Crippen LogP contribution is 2.37. The Balaban J connectivity index is 3.18. The summed E-state index contributed by atoms with van der Waals surface area (Å²) in [5.74, 6) is -0.928. The number of nitriles is 1. The molecule has 0 aliphatic rings. The molecular formula is C15H15Cl2NO2. The summed E-state index contributed by atoms with van der Waals surface area (Å²) in [7, 11) is 0. The second-order valence-electron chi connectivity index (χ2n) is 4.54. The van der Waals surface area contributed by atoms with E-state index in [2.05, 4.69) is 12.6 Å². The molecule has 0 saturated heterocycles. The quantitative estimate of drug-likeness (QED) is 0.749. The van der Waals surface area contributed by atoms with Gasteiger partial charge in [-0.3, -0.25) is 4.79 Å². The molecule has 1 aromatic rings. The third kappa shape index (κ3) is 4.00. The van der Waals surface area contributed by atoms with Crippen LogP contribution >= 0.6 is 23.2 Å². The monoisotopic (exact) mass is 311 g/mol. The summed E-state index contributed by atoms with van der Waals surface area (Å²) in [5.41, 5.74) is -0.196. The number of aliphatic carboxylic acids is 1. The molecule has 0 bridgehead atoms. The van der Waals surface area contributed by atoms with E-state index in [9.17, 15) is 10.1 Å². The Morgan fingerprint density at radius 1 is 1.40 bits per heavy atom. The minimum atomic E-state index is -0.928. The van der Waals surface area contributed by atoms with Crippen LogP contribution in [-0.2, 0) is 10.2 Å². The van der Waals surface area contributed by atoms with Gasteiger partial charge in [0.25, 0.3) is 0 Å². The third-order valence-electron chi connectivity index (χ3n) is 3.23. The van der Waals surface area contributed by atoms with Crippen molar-refractivity contribution in [1.29, 1.82) is 5.26 Å². The van der Waals surface area contributed by atoms with Gasteiger partial charge in [0.2, 0.25) is 0 Å². The van der Waals surface area contributed by atoms with Gasteiger partial charge in [-0.2, -0.15) is 5.26 Å². The molecule has 0 unspecified atom stereocenters. The van der Waals surface area contributed by atoms with Crippen molar-refractivity contribution in [3.05, 3.63) is 46.5 Å². The molecule has 1 aromatic carbocycles. The number of benzene rings is 1. The van der Waals surface area contributed by atoms with E-state index >= 15 is 0 Å². The molecule has 0 fully saturated rings. The number of rotatable bonds is 7. The molecule has 0 aliphatic heterocycles. The van der Waals surface area contributed by atoms with Gasteiger partial charge < -0.3 is 5.11 Å². The SMILES string of the molecule is C=CCC[C@](C#N)(CCC(=O)O)c1ccc(Cl)c(Cl)c1. The van der Waals surface area contributed by atoms with Crippen LogP contribution in [0.2, 0.25) is 10.0 Å². The van der Waals surface area contributed by atoms with Crippen LogP contribution in [0.1, 0.15) is 31.2 Å². The summed E-state index contributed by atoms with van der Waals surface area (Å²) in [4.78, 5) is 10.8. The van der Waals surface area contributed by atoms with Crippen molar-refractivity contribution in [3.63, 3.8) is 0 Å². The van der Waals surface area contributed by atoms with Crippen LogP contribution in [0.25, 0.3) is 0 Å². The molecule has 1 atom stereocenters. The molecule has 106 valence electrons. The summed E-state index contributed by atoms with van der Waals surface area (Å²) in [5, 5.41) is 19.2. The Morgan fingerprint density at radius 3 is 2.60 bits per heavy atom. The second-order valence-corrected chi connectivity index (χ2v) is 5.36. The smallest absolute Gasteiger partial charge is 0.303 e. The Hall–Kier alpha value is -1.50. The number of halogens is 2. The van der Waals surface area contributed by atoms with Crippen molar-refractivity contribution < 1.29 is 9.90 Å². The highest BCUT2D eigenvalue weighted by molar-refractivity contribution is 6.42. The Kier molecular flexibility index (Phi) is 6.06. The fourth-order valence-electron chi connectivity index (χ4n) is 2.05. The molecule has 0 radical (unpaired) electrons. The van der Waals surface area contributed by atoms with Crippen molar-refractivity contribution in [2.45, 2.75) is 31.1 Å². The molecule has 0 saturated carbocycles. The number of nitrogens with zero attached hydrogens (tertiary/aromatic N) is 1. The average Bonchev–Trinajstić information content (AvgIpc) is 2.43. The normalized spacial score (nSPS) is 13.2. The van der Waals surface area contributed by atoms with Crippen molar-refractivity contribution >= 4 is 29.2 Å². The second kappa shape index (κ2) is 7.33.